The lowest BCUT2D eigenvalue weighted by Gasteiger charge is -2.37. The minimum absolute atomic E-state index is 0.00956. The molecule has 2 aliphatic rings. The standard InChI is InChI=1S/C34H30F3N5O5/c1-46-32(44)28-27(21-6-4-3-5-7-21)26(20-38)30(39)42(29(28)33(45)47-2)25-12-8-22(9-13-25)31(43)41-18-16-40(17-19-41)24-14-10-23(11-15-24)34(35,36)37/h3-15,27H,16-19,39H2,1-2H3. The van der Waals surface area contributed by atoms with Gasteiger partial charge < -0.3 is 25.0 Å². The van der Waals surface area contributed by atoms with Crippen LogP contribution in [0, 0.1) is 11.3 Å². The fourth-order valence-electron chi connectivity index (χ4n) is 5.75. The van der Waals surface area contributed by atoms with Crippen LogP contribution in [-0.4, -0.2) is 63.1 Å². The van der Waals surface area contributed by atoms with Crippen LogP contribution in [0.2, 0.25) is 0 Å². The molecular weight excluding hydrogens is 615 g/mol. The van der Waals surface area contributed by atoms with Gasteiger partial charge in [-0.3, -0.25) is 9.69 Å². The maximum absolute atomic E-state index is 13.4. The van der Waals surface area contributed by atoms with Crippen molar-refractivity contribution >= 4 is 29.2 Å². The third-order valence-corrected chi connectivity index (χ3v) is 8.11. The number of ether oxygens (including phenoxy) is 2. The average molecular weight is 646 g/mol. The highest BCUT2D eigenvalue weighted by atomic mass is 19.4. The molecule has 3 aromatic carbocycles. The number of hydrogen-bond acceptors (Lipinski definition) is 9. The number of allylic oxidation sites excluding steroid dienone is 1. The van der Waals surface area contributed by atoms with Gasteiger partial charge >= 0.3 is 18.1 Å². The van der Waals surface area contributed by atoms with Crippen LogP contribution >= 0.6 is 0 Å². The van der Waals surface area contributed by atoms with Crippen molar-refractivity contribution in [3.8, 4) is 6.07 Å². The highest BCUT2D eigenvalue weighted by molar-refractivity contribution is 6.06. The highest BCUT2D eigenvalue weighted by Crippen LogP contribution is 2.43. The first-order chi connectivity index (χ1) is 22.5. The molecule has 1 fully saturated rings. The van der Waals surface area contributed by atoms with Crippen molar-refractivity contribution in [3.63, 3.8) is 0 Å². The van der Waals surface area contributed by atoms with Crippen molar-refractivity contribution in [2.45, 2.75) is 12.1 Å². The number of anilines is 2. The van der Waals surface area contributed by atoms with Crippen molar-refractivity contribution in [1.29, 1.82) is 5.26 Å². The first-order valence-electron chi connectivity index (χ1n) is 14.5. The molecule has 13 heteroatoms. The Labute approximate surface area is 268 Å². The van der Waals surface area contributed by atoms with Crippen molar-refractivity contribution < 1.29 is 37.0 Å². The van der Waals surface area contributed by atoms with Crippen LogP contribution in [0.1, 0.15) is 27.4 Å². The largest absolute Gasteiger partial charge is 0.466 e. The summed E-state index contributed by atoms with van der Waals surface area (Å²) >= 11 is 0. The normalized spacial score (nSPS) is 16.9. The number of esters is 2. The Hall–Kier alpha value is -5.77. The van der Waals surface area contributed by atoms with Crippen molar-refractivity contribution in [1.82, 2.24) is 4.90 Å². The van der Waals surface area contributed by atoms with Gasteiger partial charge in [-0.1, -0.05) is 30.3 Å². The van der Waals surface area contributed by atoms with Gasteiger partial charge in [0.25, 0.3) is 5.91 Å². The fraction of sp³-hybridized carbons (Fsp3) is 0.235. The molecule has 1 unspecified atom stereocenters. The smallest absolute Gasteiger partial charge is 0.416 e. The second kappa shape index (κ2) is 13.3. The van der Waals surface area contributed by atoms with E-state index in [1.807, 2.05) is 4.90 Å². The van der Waals surface area contributed by atoms with Gasteiger partial charge in [-0.15, -0.1) is 0 Å². The number of carbonyl (C=O) groups is 3. The molecule has 0 radical (unpaired) electrons. The zero-order valence-electron chi connectivity index (χ0n) is 25.5. The zero-order chi connectivity index (χ0) is 33.9. The number of hydrogen-bond donors (Lipinski definition) is 1. The van der Waals surface area contributed by atoms with E-state index in [-0.39, 0.29) is 34.3 Å². The van der Waals surface area contributed by atoms with E-state index < -0.39 is 29.6 Å². The second-order valence-corrected chi connectivity index (χ2v) is 10.7. The van der Waals surface area contributed by atoms with Crippen LogP contribution in [-0.2, 0) is 25.2 Å². The first-order valence-corrected chi connectivity index (χ1v) is 14.5. The predicted octanol–water partition coefficient (Wildman–Crippen LogP) is 4.57. The number of rotatable bonds is 6. The van der Waals surface area contributed by atoms with Crippen LogP contribution in [0.25, 0.3) is 0 Å². The van der Waals surface area contributed by atoms with Gasteiger partial charge in [0, 0.05) is 43.1 Å². The van der Waals surface area contributed by atoms with E-state index in [0.29, 0.717) is 43.0 Å². The molecule has 2 heterocycles. The van der Waals surface area contributed by atoms with E-state index in [2.05, 4.69) is 6.07 Å². The Morgan fingerprint density at radius 2 is 1.40 bits per heavy atom. The molecule has 1 atom stereocenters. The van der Waals surface area contributed by atoms with E-state index in [9.17, 15) is 32.8 Å². The number of methoxy groups -OCH3 is 2. The fourth-order valence-corrected chi connectivity index (χ4v) is 5.75. The molecule has 3 aromatic rings. The summed E-state index contributed by atoms with van der Waals surface area (Å²) in [5.41, 5.74) is 7.23. The summed E-state index contributed by atoms with van der Waals surface area (Å²) in [5, 5.41) is 10.2. The number of nitrogens with zero attached hydrogens (tertiary/aromatic N) is 4. The molecule has 0 spiro atoms. The number of benzene rings is 3. The minimum atomic E-state index is -4.42. The van der Waals surface area contributed by atoms with Crippen LogP contribution in [0.5, 0.6) is 0 Å². The number of carbonyl (C=O) groups excluding carboxylic acids is 3. The molecule has 0 saturated carbocycles. The lowest BCUT2D eigenvalue weighted by atomic mass is 9.81. The summed E-state index contributed by atoms with van der Waals surface area (Å²) in [6.45, 7) is 1.53. The lowest BCUT2D eigenvalue weighted by molar-refractivity contribution is -0.139. The Balaban J connectivity index is 1.41. The molecule has 2 N–H and O–H groups in total. The minimum Gasteiger partial charge on any atom is -0.466 e. The van der Waals surface area contributed by atoms with Crippen molar-refractivity contribution in [2.24, 2.45) is 5.73 Å². The van der Waals surface area contributed by atoms with E-state index >= 15 is 0 Å². The van der Waals surface area contributed by atoms with Gasteiger partial charge in [-0.2, -0.15) is 18.4 Å². The summed E-state index contributed by atoms with van der Waals surface area (Å²) in [5.74, 6) is -3.13. The Morgan fingerprint density at radius 3 is 1.94 bits per heavy atom. The number of amides is 1. The van der Waals surface area contributed by atoms with E-state index in [0.717, 1.165) is 26.4 Å². The van der Waals surface area contributed by atoms with Crippen molar-refractivity contribution in [3.05, 3.63) is 118 Å². The molecule has 242 valence electrons. The Morgan fingerprint density at radius 1 is 0.830 bits per heavy atom. The average Bonchev–Trinajstić information content (AvgIpc) is 3.10. The third-order valence-electron chi connectivity index (χ3n) is 8.11. The van der Waals surface area contributed by atoms with Gasteiger partial charge in [-0.05, 0) is 54.1 Å². The molecule has 2 aliphatic heterocycles. The molecule has 5 rings (SSSR count). The summed E-state index contributed by atoms with van der Waals surface area (Å²) in [6, 6.07) is 21.8. The first kappa shape index (κ1) is 32.6. The molecule has 47 heavy (non-hydrogen) atoms. The van der Waals surface area contributed by atoms with Gasteiger partial charge in [-0.25, -0.2) is 9.59 Å². The molecular formula is C34H30F3N5O5. The maximum Gasteiger partial charge on any atom is 0.416 e. The maximum atomic E-state index is 13.4. The predicted molar refractivity (Wildman–Crippen MR) is 166 cm³/mol. The Kier molecular flexibility index (Phi) is 9.23. The van der Waals surface area contributed by atoms with E-state index in [4.69, 9.17) is 15.2 Å². The van der Waals surface area contributed by atoms with Gasteiger partial charge in [0.2, 0.25) is 0 Å². The van der Waals surface area contributed by atoms with Crippen molar-refractivity contribution in [2.75, 3.05) is 50.2 Å². The second-order valence-electron chi connectivity index (χ2n) is 10.7. The van der Waals surface area contributed by atoms with Gasteiger partial charge in [0.15, 0.2) is 0 Å². The monoisotopic (exact) mass is 645 g/mol. The summed E-state index contributed by atoms with van der Waals surface area (Å²) < 4.78 is 48.9. The SMILES string of the molecule is COC(=O)C1=C(C(=O)OC)N(c2ccc(C(=O)N3CCN(c4ccc(C(F)(F)F)cc4)CC3)cc2)C(N)=C(C#N)C1c1ccccc1. The number of alkyl halides is 3. The zero-order valence-corrected chi connectivity index (χ0v) is 25.5. The molecule has 0 aromatic heterocycles. The molecule has 0 bridgehead atoms. The van der Waals surface area contributed by atoms with Gasteiger partial charge in [0.1, 0.15) is 11.5 Å². The van der Waals surface area contributed by atoms with E-state index in [1.54, 1.807) is 35.2 Å². The van der Waals surface area contributed by atoms with E-state index in [1.165, 1.54) is 41.3 Å². The van der Waals surface area contributed by atoms with Gasteiger partial charge in [0.05, 0.1) is 42.9 Å². The molecule has 1 saturated heterocycles. The number of nitriles is 1. The molecule has 10 nitrogen and oxygen atoms in total. The quantitative estimate of drug-likeness (QED) is 0.384. The number of nitrogens with two attached hydrogens (primary N) is 1. The van der Waals surface area contributed by atoms with Crippen LogP contribution in [0.4, 0.5) is 24.5 Å². The topological polar surface area (TPSA) is 129 Å². The molecule has 0 aliphatic carbocycles. The summed E-state index contributed by atoms with van der Waals surface area (Å²) in [4.78, 5) is 44.7. The summed E-state index contributed by atoms with van der Waals surface area (Å²) in [7, 11) is 2.31. The lowest BCUT2D eigenvalue weighted by Crippen LogP contribution is -2.48. The molecule has 1 amide bonds. The number of halogens is 3. The third kappa shape index (κ3) is 6.35. The van der Waals surface area contributed by atoms with Crippen LogP contribution < -0.4 is 15.5 Å². The van der Waals surface area contributed by atoms with Crippen LogP contribution in [0.15, 0.2) is 102 Å². The Bertz CT molecular complexity index is 1770. The highest BCUT2D eigenvalue weighted by Gasteiger charge is 2.43. The number of piperazine rings is 1. The summed E-state index contributed by atoms with van der Waals surface area (Å²) in [6.07, 6.45) is -4.42. The van der Waals surface area contributed by atoms with Crippen LogP contribution in [0.3, 0.4) is 0 Å².